The Balaban J connectivity index is 2.09. The molecule has 0 saturated carbocycles. The van der Waals surface area contributed by atoms with Crippen LogP contribution in [0.25, 0.3) is 10.9 Å². The molecule has 0 radical (unpaired) electrons. The number of nitrogens with zero attached hydrogens (tertiary/aromatic N) is 1. The zero-order chi connectivity index (χ0) is 15.5. The van der Waals surface area contributed by atoms with Crippen LogP contribution in [0.3, 0.4) is 0 Å². The number of fused-ring (bicyclic) bond motifs is 1. The zero-order valence-electron chi connectivity index (χ0n) is 12.4. The Morgan fingerprint density at radius 1 is 1.24 bits per heavy atom. The first kappa shape index (κ1) is 15.7. The van der Waals surface area contributed by atoms with Gasteiger partial charge < -0.3 is 9.47 Å². The van der Waals surface area contributed by atoms with Crippen LogP contribution in [-0.2, 0) is 9.47 Å². The van der Waals surface area contributed by atoms with Crippen LogP contribution < -0.4 is 0 Å². The van der Waals surface area contributed by atoms with Gasteiger partial charge in [-0.1, -0.05) is 29.8 Å². The molecular weight excluding hydrogens is 290 g/mol. The van der Waals surface area contributed by atoms with Gasteiger partial charge in [0.2, 0.25) is 0 Å². The maximum Gasteiger partial charge on any atom is 0.339 e. The largest absolute Gasteiger partial charge is 0.460 e. The van der Waals surface area contributed by atoms with E-state index < -0.39 is 5.97 Å². The summed E-state index contributed by atoms with van der Waals surface area (Å²) in [5.74, 6) is -0.423. The Kier molecular flexibility index (Phi) is 4.80. The van der Waals surface area contributed by atoms with Crippen LogP contribution in [0.2, 0.25) is 5.15 Å². The van der Waals surface area contributed by atoms with E-state index in [4.69, 9.17) is 21.1 Å². The molecule has 0 aliphatic carbocycles. The topological polar surface area (TPSA) is 48.4 Å². The van der Waals surface area contributed by atoms with E-state index in [1.165, 1.54) is 6.07 Å². The predicted molar refractivity (Wildman–Crippen MR) is 82.7 cm³/mol. The van der Waals surface area contributed by atoms with Gasteiger partial charge in [-0.05, 0) is 32.9 Å². The molecule has 0 aliphatic rings. The molecular formula is C16H18ClNO3. The summed E-state index contributed by atoms with van der Waals surface area (Å²) in [6, 6.07) is 8.84. The van der Waals surface area contributed by atoms with E-state index in [1.807, 2.05) is 39.0 Å². The second-order valence-electron chi connectivity index (χ2n) is 5.61. The predicted octanol–water partition coefficient (Wildman–Crippen LogP) is 3.86. The maximum atomic E-state index is 12.2. The van der Waals surface area contributed by atoms with Crippen LogP contribution in [0.5, 0.6) is 0 Å². The molecule has 112 valence electrons. The van der Waals surface area contributed by atoms with Crippen LogP contribution in [0.4, 0.5) is 0 Å². The van der Waals surface area contributed by atoms with Crippen LogP contribution in [0, 0.1) is 0 Å². The van der Waals surface area contributed by atoms with Gasteiger partial charge >= 0.3 is 5.97 Å². The second-order valence-corrected chi connectivity index (χ2v) is 5.99. The number of benzene rings is 1. The third-order valence-electron chi connectivity index (χ3n) is 2.76. The summed E-state index contributed by atoms with van der Waals surface area (Å²) in [5, 5.41) is 0.996. The van der Waals surface area contributed by atoms with Crippen molar-refractivity contribution in [1.29, 1.82) is 0 Å². The lowest BCUT2D eigenvalue weighted by atomic mass is 10.1. The summed E-state index contributed by atoms with van der Waals surface area (Å²) in [4.78, 5) is 16.4. The highest BCUT2D eigenvalue weighted by molar-refractivity contribution is 6.30. The third kappa shape index (κ3) is 4.41. The van der Waals surface area contributed by atoms with E-state index >= 15 is 0 Å². The van der Waals surface area contributed by atoms with E-state index in [0.717, 1.165) is 5.39 Å². The molecule has 0 N–H and O–H groups in total. The average Bonchev–Trinajstić information content (AvgIpc) is 2.41. The lowest BCUT2D eigenvalue weighted by Gasteiger charge is -2.19. The van der Waals surface area contributed by atoms with Gasteiger partial charge in [0.15, 0.2) is 0 Å². The Morgan fingerprint density at radius 3 is 2.67 bits per heavy atom. The fraction of sp³-hybridized carbons (Fsp3) is 0.375. The normalized spacial score (nSPS) is 11.6. The minimum absolute atomic E-state index is 0.199. The van der Waals surface area contributed by atoms with Crippen molar-refractivity contribution in [2.24, 2.45) is 0 Å². The molecule has 0 spiro atoms. The molecule has 0 fully saturated rings. The van der Waals surface area contributed by atoms with Gasteiger partial charge in [-0.3, -0.25) is 0 Å². The summed E-state index contributed by atoms with van der Waals surface area (Å²) in [5.41, 5.74) is 0.836. The van der Waals surface area contributed by atoms with E-state index in [2.05, 4.69) is 4.98 Å². The molecule has 21 heavy (non-hydrogen) atoms. The van der Waals surface area contributed by atoms with Crippen molar-refractivity contribution in [1.82, 2.24) is 4.98 Å². The van der Waals surface area contributed by atoms with Gasteiger partial charge in [-0.2, -0.15) is 0 Å². The Bertz CT molecular complexity index is 650. The number of halogens is 1. The fourth-order valence-electron chi connectivity index (χ4n) is 1.87. The first-order valence-corrected chi connectivity index (χ1v) is 7.11. The number of pyridine rings is 1. The molecule has 0 bridgehead atoms. The fourth-order valence-corrected chi connectivity index (χ4v) is 2.07. The SMILES string of the molecule is CC(C)(C)OCCOC(=O)c1cc(Cl)nc2ccccc12. The van der Waals surface area contributed by atoms with Crippen molar-refractivity contribution in [3.8, 4) is 0 Å². The summed E-state index contributed by atoms with van der Waals surface area (Å²) in [6.07, 6.45) is 0. The van der Waals surface area contributed by atoms with Crippen LogP contribution in [0.1, 0.15) is 31.1 Å². The van der Waals surface area contributed by atoms with Gasteiger partial charge in [0.05, 0.1) is 23.3 Å². The third-order valence-corrected chi connectivity index (χ3v) is 2.95. The number of carbonyl (C=O) groups excluding carboxylic acids is 1. The highest BCUT2D eigenvalue weighted by Crippen LogP contribution is 2.21. The molecule has 0 amide bonds. The minimum Gasteiger partial charge on any atom is -0.460 e. The quantitative estimate of drug-likeness (QED) is 0.489. The summed E-state index contributed by atoms with van der Waals surface area (Å²) < 4.78 is 10.7. The highest BCUT2D eigenvalue weighted by Gasteiger charge is 2.15. The van der Waals surface area contributed by atoms with Crippen molar-refractivity contribution in [2.75, 3.05) is 13.2 Å². The van der Waals surface area contributed by atoms with Crippen molar-refractivity contribution < 1.29 is 14.3 Å². The van der Waals surface area contributed by atoms with Gasteiger partial charge in [0.25, 0.3) is 0 Å². The van der Waals surface area contributed by atoms with Crippen LogP contribution in [-0.4, -0.2) is 29.8 Å². The number of rotatable bonds is 4. The van der Waals surface area contributed by atoms with Gasteiger partial charge in [-0.25, -0.2) is 9.78 Å². The second kappa shape index (κ2) is 6.41. The van der Waals surface area contributed by atoms with Gasteiger partial charge in [-0.15, -0.1) is 0 Å². The van der Waals surface area contributed by atoms with Crippen molar-refractivity contribution in [2.45, 2.75) is 26.4 Å². The Labute approximate surface area is 129 Å². The monoisotopic (exact) mass is 307 g/mol. The van der Waals surface area contributed by atoms with Crippen molar-refractivity contribution in [3.05, 3.63) is 41.0 Å². The molecule has 0 unspecified atom stereocenters. The molecule has 5 heteroatoms. The molecule has 1 aromatic carbocycles. The number of carbonyl (C=O) groups is 1. The highest BCUT2D eigenvalue weighted by atomic mass is 35.5. The van der Waals surface area contributed by atoms with E-state index in [1.54, 1.807) is 6.07 Å². The Morgan fingerprint density at radius 2 is 1.95 bits per heavy atom. The lowest BCUT2D eigenvalue weighted by molar-refractivity contribution is -0.0281. The van der Waals surface area contributed by atoms with Crippen LogP contribution >= 0.6 is 11.6 Å². The number of hydrogen-bond acceptors (Lipinski definition) is 4. The number of esters is 1. The summed E-state index contributed by atoms with van der Waals surface area (Å²) >= 11 is 5.95. The standard InChI is InChI=1S/C16H18ClNO3/c1-16(2,3)21-9-8-20-15(19)12-10-14(17)18-13-7-5-4-6-11(12)13/h4-7,10H,8-9H2,1-3H3. The van der Waals surface area contributed by atoms with Gasteiger partial charge in [0, 0.05) is 5.39 Å². The molecule has 0 atom stereocenters. The first-order valence-electron chi connectivity index (χ1n) is 6.73. The molecule has 2 aromatic rings. The number of hydrogen-bond donors (Lipinski definition) is 0. The zero-order valence-corrected chi connectivity index (χ0v) is 13.1. The smallest absolute Gasteiger partial charge is 0.339 e. The number of para-hydroxylation sites is 1. The lowest BCUT2D eigenvalue weighted by Crippen LogP contribution is -2.22. The minimum atomic E-state index is -0.423. The number of aromatic nitrogens is 1. The molecule has 2 rings (SSSR count). The van der Waals surface area contributed by atoms with E-state index in [-0.39, 0.29) is 17.4 Å². The molecule has 1 aromatic heterocycles. The average molecular weight is 308 g/mol. The number of ether oxygens (including phenoxy) is 2. The molecule has 1 heterocycles. The Hall–Kier alpha value is -1.65. The van der Waals surface area contributed by atoms with Crippen molar-refractivity contribution >= 4 is 28.5 Å². The molecule has 4 nitrogen and oxygen atoms in total. The van der Waals surface area contributed by atoms with Gasteiger partial charge in [0.1, 0.15) is 11.8 Å². The molecule has 0 aliphatic heterocycles. The summed E-state index contributed by atoms with van der Waals surface area (Å²) in [7, 11) is 0. The first-order chi connectivity index (χ1) is 9.87. The van der Waals surface area contributed by atoms with E-state index in [9.17, 15) is 4.79 Å². The van der Waals surface area contributed by atoms with Crippen LogP contribution in [0.15, 0.2) is 30.3 Å². The molecule has 0 saturated heterocycles. The maximum absolute atomic E-state index is 12.2. The van der Waals surface area contributed by atoms with E-state index in [0.29, 0.717) is 17.7 Å². The summed E-state index contributed by atoms with van der Waals surface area (Å²) in [6.45, 7) is 6.40. The van der Waals surface area contributed by atoms with Crippen molar-refractivity contribution in [3.63, 3.8) is 0 Å².